The summed E-state index contributed by atoms with van der Waals surface area (Å²) in [6.07, 6.45) is -4.32. The molecule has 0 radical (unpaired) electrons. The lowest BCUT2D eigenvalue weighted by Crippen LogP contribution is -2.50. The third kappa shape index (κ3) is 7.08. The maximum atomic E-state index is 13.1. The lowest BCUT2D eigenvalue weighted by Gasteiger charge is -2.37. The van der Waals surface area contributed by atoms with Gasteiger partial charge in [0.2, 0.25) is 10.0 Å². The largest absolute Gasteiger partial charge is 0.494 e. The summed E-state index contributed by atoms with van der Waals surface area (Å²) in [4.78, 5) is 25.8. The number of sulfonamides is 1. The number of halogens is 3. The topological polar surface area (TPSA) is 102 Å². The van der Waals surface area contributed by atoms with Crippen molar-refractivity contribution in [1.29, 1.82) is 0 Å². The zero-order valence-corrected chi connectivity index (χ0v) is 19.9. The van der Waals surface area contributed by atoms with Crippen LogP contribution in [0.2, 0.25) is 0 Å². The third-order valence-electron chi connectivity index (χ3n) is 5.44. The molecule has 2 amide bonds. The molecule has 0 saturated carbocycles. The van der Waals surface area contributed by atoms with E-state index < -0.39 is 40.0 Å². The van der Waals surface area contributed by atoms with Gasteiger partial charge >= 0.3 is 6.18 Å². The monoisotopic (exact) mass is 510 g/mol. The molecule has 1 aliphatic heterocycles. The van der Waals surface area contributed by atoms with Crippen LogP contribution in [0.1, 0.15) is 37.3 Å². The van der Waals surface area contributed by atoms with E-state index in [2.05, 4.69) is 5.32 Å². The Morgan fingerprint density at radius 1 is 1.11 bits per heavy atom. The highest BCUT2D eigenvalue weighted by Gasteiger charge is 2.40. The molecule has 1 atom stereocenters. The summed E-state index contributed by atoms with van der Waals surface area (Å²) in [5.41, 5.74) is 0.405. The van der Waals surface area contributed by atoms with E-state index >= 15 is 0 Å². The second-order valence-electron chi connectivity index (χ2n) is 8.48. The van der Waals surface area contributed by atoms with Gasteiger partial charge in [0.1, 0.15) is 11.3 Å². The fourth-order valence-corrected chi connectivity index (χ4v) is 4.28. The summed E-state index contributed by atoms with van der Waals surface area (Å²) < 4.78 is 67.3. The first-order valence-corrected chi connectivity index (χ1v) is 12.6. The molecule has 0 saturated heterocycles. The number of amides is 2. The number of nitrogens with one attached hydrogen (secondary N) is 2. The summed E-state index contributed by atoms with van der Waals surface area (Å²) in [7, 11) is -3.90. The molecule has 0 aromatic heterocycles. The van der Waals surface area contributed by atoms with Gasteiger partial charge in [-0.25, -0.2) is 13.1 Å². The highest BCUT2D eigenvalue weighted by Crippen LogP contribution is 2.39. The minimum atomic E-state index is -4.23. The van der Waals surface area contributed by atoms with Gasteiger partial charge in [0, 0.05) is 12.8 Å². The summed E-state index contributed by atoms with van der Waals surface area (Å²) >= 11 is 0. The summed E-state index contributed by atoms with van der Waals surface area (Å²) in [6.45, 7) is 1.67. The van der Waals surface area contributed by atoms with Crippen molar-refractivity contribution in [3.8, 4) is 5.75 Å². The highest BCUT2D eigenvalue weighted by atomic mass is 32.2. The average molecular weight is 511 g/mol. The quantitative estimate of drug-likeness (QED) is 0.417. The van der Waals surface area contributed by atoms with Crippen molar-refractivity contribution in [2.24, 2.45) is 0 Å². The van der Waals surface area contributed by atoms with Gasteiger partial charge in [-0.1, -0.05) is 42.5 Å². The normalized spacial score (nSPS) is 18.7. The molecule has 0 unspecified atom stereocenters. The number of carbonyl (C=O) groups excluding carboxylic acids is 2. The molecular formula is C24H25F3N2O5S. The molecule has 188 valence electrons. The van der Waals surface area contributed by atoms with E-state index in [4.69, 9.17) is 4.74 Å². The fraction of sp³-hybridized carbons (Fsp3) is 0.333. The number of ether oxygens (including phenoxy) is 1. The number of rotatable bonds is 8. The maximum Gasteiger partial charge on any atom is 0.389 e. The summed E-state index contributed by atoms with van der Waals surface area (Å²) in [5.74, 6) is -1.37. The van der Waals surface area contributed by atoms with Crippen molar-refractivity contribution < 1.29 is 35.9 Å². The van der Waals surface area contributed by atoms with Crippen LogP contribution >= 0.6 is 0 Å². The number of hydrogen-bond acceptors (Lipinski definition) is 5. The van der Waals surface area contributed by atoms with E-state index in [0.717, 1.165) is 6.26 Å². The number of benzene rings is 2. The molecule has 0 aliphatic carbocycles. The highest BCUT2D eigenvalue weighted by molar-refractivity contribution is 7.89. The third-order valence-corrected chi connectivity index (χ3v) is 6.00. The molecule has 1 heterocycles. The Labute approximate surface area is 201 Å². The SMILES string of the molecule is C[C@@]1(c2ccc(OCCCC(F)(F)F)cc2)CC(c2ccccc2)=C(C(=O)NS(C)(=O)=O)C(=O)N1. The minimum Gasteiger partial charge on any atom is -0.494 e. The Morgan fingerprint density at radius 2 is 1.74 bits per heavy atom. The van der Waals surface area contributed by atoms with Crippen molar-refractivity contribution in [2.75, 3.05) is 12.9 Å². The van der Waals surface area contributed by atoms with Gasteiger partial charge < -0.3 is 10.1 Å². The maximum absolute atomic E-state index is 13.1. The smallest absolute Gasteiger partial charge is 0.389 e. The minimum absolute atomic E-state index is 0.0907. The van der Waals surface area contributed by atoms with E-state index in [1.807, 2.05) is 4.72 Å². The average Bonchev–Trinajstić information content (AvgIpc) is 2.75. The predicted octanol–water partition coefficient (Wildman–Crippen LogP) is 3.67. The molecule has 3 rings (SSSR count). The molecule has 7 nitrogen and oxygen atoms in total. The van der Waals surface area contributed by atoms with E-state index in [1.54, 1.807) is 61.5 Å². The molecule has 1 aliphatic rings. The van der Waals surface area contributed by atoms with Crippen LogP contribution in [-0.2, 0) is 25.2 Å². The van der Waals surface area contributed by atoms with E-state index in [1.165, 1.54) is 0 Å². The van der Waals surface area contributed by atoms with Crippen LogP contribution in [0.25, 0.3) is 5.57 Å². The van der Waals surface area contributed by atoms with Gasteiger partial charge in [0.05, 0.1) is 18.4 Å². The summed E-state index contributed by atoms with van der Waals surface area (Å²) in [5, 5.41) is 2.80. The second-order valence-corrected chi connectivity index (χ2v) is 10.2. The molecule has 0 fully saturated rings. The Balaban J connectivity index is 1.87. The first-order chi connectivity index (χ1) is 16.3. The van der Waals surface area contributed by atoms with Gasteiger partial charge in [-0.2, -0.15) is 13.2 Å². The Hall–Kier alpha value is -3.34. The van der Waals surface area contributed by atoms with Crippen molar-refractivity contribution >= 4 is 27.4 Å². The predicted molar refractivity (Wildman–Crippen MR) is 124 cm³/mol. The van der Waals surface area contributed by atoms with E-state index in [-0.39, 0.29) is 25.0 Å². The van der Waals surface area contributed by atoms with Crippen LogP contribution in [0.4, 0.5) is 13.2 Å². The lowest BCUT2D eigenvalue weighted by atomic mass is 9.78. The van der Waals surface area contributed by atoms with Crippen molar-refractivity contribution in [2.45, 2.75) is 37.9 Å². The Morgan fingerprint density at radius 3 is 2.31 bits per heavy atom. The summed E-state index contributed by atoms with van der Waals surface area (Å²) in [6, 6.07) is 15.3. The molecule has 35 heavy (non-hydrogen) atoms. The molecule has 2 aromatic rings. The van der Waals surface area contributed by atoms with Crippen molar-refractivity contribution in [1.82, 2.24) is 10.0 Å². The number of alkyl halides is 3. The molecule has 2 N–H and O–H groups in total. The van der Waals surface area contributed by atoms with Gasteiger partial charge in [0.15, 0.2) is 0 Å². The van der Waals surface area contributed by atoms with Gasteiger partial charge in [-0.05, 0) is 42.2 Å². The van der Waals surface area contributed by atoms with Crippen LogP contribution in [0, 0.1) is 0 Å². The second kappa shape index (κ2) is 10.1. The van der Waals surface area contributed by atoms with Crippen LogP contribution in [-0.4, -0.2) is 39.3 Å². The number of carbonyl (C=O) groups is 2. The Kier molecular flexibility index (Phi) is 7.59. The fourth-order valence-electron chi connectivity index (χ4n) is 3.84. The van der Waals surface area contributed by atoms with Crippen LogP contribution in [0.3, 0.4) is 0 Å². The van der Waals surface area contributed by atoms with Crippen LogP contribution < -0.4 is 14.8 Å². The van der Waals surface area contributed by atoms with Gasteiger partial charge in [-0.3, -0.25) is 9.59 Å². The van der Waals surface area contributed by atoms with Gasteiger partial charge in [-0.15, -0.1) is 0 Å². The molecule has 0 bridgehead atoms. The molecule has 0 spiro atoms. The standard InChI is InChI=1S/C24H25F3N2O5S/c1-23(17-9-11-18(12-10-17)34-14-6-13-24(25,26)27)15-19(16-7-4-3-5-8-16)20(21(30)28-23)22(31)29-35(2,32)33/h3-5,7-12H,6,13-15H2,1-2H3,(H,28,30)(H,29,31)/t23-/m0/s1. The number of hydrogen-bond donors (Lipinski definition) is 2. The van der Waals surface area contributed by atoms with E-state index in [9.17, 15) is 31.2 Å². The van der Waals surface area contributed by atoms with Gasteiger partial charge in [0.25, 0.3) is 11.8 Å². The Bertz CT molecular complexity index is 1230. The van der Waals surface area contributed by atoms with E-state index in [0.29, 0.717) is 22.4 Å². The first kappa shape index (κ1) is 26.3. The zero-order valence-electron chi connectivity index (χ0n) is 19.1. The molecule has 2 aromatic carbocycles. The van der Waals surface area contributed by atoms with Crippen molar-refractivity contribution in [3.63, 3.8) is 0 Å². The first-order valence-electron chi connectivity index (χ1n) is 10.7. The lowest BCUT2D eigenvalue weighted by molar-refractivity contribution is -0.136. The molecule has 11 heteroatoms. The van der Waals surface area contributed by atoms with Crippen LogP contribution in [0.15, 0.2) is 60.2 Å². The zero-order chi connectivity index (χ0) is 25.9. The van der Waals surface area contributed by atoms with Crippen molar-refractivity contribution in [3.05, 3.63) is 71.3 Å². The van der Waals surface area contributed by atoms with Crippen LogP contribution in [0.5, 0.6) is 5.75 Å². The molecular weight excluding hydrogens is 485 g/mol.